The van der Waals surface area contributed by atoms with Crippen molar-refractivity contribution >= 4 is 0 Å². The normalized spacial score (nSPS) is 13.1. The van der Waals surface area contributed by atoms with Gasteiger partial charge in [-0.05, 0) is 12.8 Å². The van der Waals surface area contributed by atoms with Crippen molar-refractivity contribution in [1.29, 1.82) is 0 Å². The summed E-state index contributed by atoms with van der Waals surface area (Å²) in [5.74, 6) is 0. The number of rotatable bonds is 10. The molecule has 0 amide bonds. The van der Waals surface area contributed by atoms with Crippen LogP contribution in [-0.4, -0.2) is 49.4 Å². The predicted molar refractivity (Wildman–Crippen MR) is 54.3 cm³/mol. The molecule has 0 aliphatic heterocycles. The van der Waals surface area contributed by atoms with Crippen LogP contribution in [0.4, 0.5) is 0 Å². The second kappa shape index (κ2) is 10.9. The van der Waals surface area contributed by atoms with E-state index in [0.717, 1.165) is 19.4 Å². The molecule has 1 unspecified atom stereocenters. The van der Waals surface area contributed by atoms with E-state index in [1.165, 1.54) is 0 Å². The molecule has 0 aromatic carbocycles. The van der Waals surface area contributed by atoms with Crippen LogP contribution in [0.5, 0.6) is 0 Å². The summed E-state index contributed by atoms with van der Waals surface area (Å²) >= 11 is 0. The molecule has 0 bridgehead atoms. The Bertz CT molecular complexity index is 108. The minimum Gasteiger partial charge on any atom is -0.396 e. The van der Waals surface area contributed by atoms with Crippen molar-refractivity contribution in [2.24, 2.45) is 0 Å². The summed E-state index contributed by atoms with van der Waals surface area (Å²) in [6, 6.07) is 0. The molecule has 0 rings (SSSR count). The van der Waals surface area contributed by atoms with Gasteiger partial charge in [-0.1, -0.05) is 13.3 Å². The Morgan fingerprint density at radius 1 is 1.14 bits per heavy atom. The first-order chi connectivity index (χ1) is 6.85. The van der Waals surface area contributed by atoms with Crippen molar-refractivity contribution in [3.8, 4) is 0 Å². The highest BCUT2D eigenvalue weighted by molar-refractivity contribution is 4.55. The number of ether oxygens (including phenoxy) is 2. The molecule has 0 fully saturated rings. The highest BCUT2D eigenvalue weighted by Crippen LogP contribution is 2.00. The Kier molecular flexibility index (Phi) is 10.8. The minimum atomic E-state index is -0.0935. The van der Waals surface area contributed by atoms with Gasteiger partial charge in [-0.25, -0.2) is 0 Å². The standard InChI is InChI=1S/C10H22O4/c1-2-3-7-13-9-10(4-5-11)14-8-6-12/h10-12H,2-9H2,1H3. The number of unbranched alkanes of at least 4 members (excludes halogenated alkanes) is 1. The van der Waals surface area contributed by atoms with Gasteiger partial charge < -0.3 is 19.7 Å². The summed E-state index contributed by atoms with van der Waals surface area (Å²) in [4.78, 5) is 0. The predicted octanol–water partition coefficient (Wildman–Crippen LogP) is 0.563. The summed E-state index contributed by atoms with van der Waals surface area (Å²) in [6.45, 7) is 3.75. The minimum absolute atomic E-state index is 0.0108. The zero-order valence-corrected chi connectivity index (χ0v) is 8.95. The lowest BCUT2D eigenvalue weighted by atomic mass is 10.3. The Balaban J connectivity index is 3.40. The first-order valence-corrected chi connectivity index (χ1v) is 5.26. The third kappa shape index (κ3) is 8.44. The lowest BCUT2D eigenvalue weighted by Gasteiger charge is -2.16. The maximum Gasteiger partial charge on any atom is 0.0831 e. The number of hydrogen-bond donors (Lipinski definition) is 2. The molecule has 4 nitrogen and oxygen atoms in total. The second-order valence-electron chi connectivity index (χ2n) is 3.16. The van der Waals surface area contributed by atoms with Crippen molar-refractivity contribution in [2.45, 2.75) is 32.3 Å². The molecule has 0 aromatic rings. The van der Waals surface area contributed by atoms with Crippen LogP contribution in [0.15, 0.2) is 0 Å². The van der Waals surface area contributed by atoms with Crippen LogP contribution in [0.2, 0.25) is 0 Å². The molecule has 1 atom stereocenters. The molecule has 0 aromatic heterocycles. The van der Waals surface area contributed by atoms with Gasteiger partial charge in [0.2, 0.25) is 0 Å². The Morgan fingerprint density at radius 3 is 2.50 bits per heavy atom. The van der Waals surface area contributed by atoms with Gasteiger partial charge in [0.05, 0.1) is 25.9 Å². The molecule has 0 aliphatic carbocycles. The summed E-state index contributed by atoms with van der Waals surface area (Å²) in [6.07, 6.45) is 2.63. The fourth-order valence-corrected chi connectivity index (χ4v) is 1.04. The molecule has 14 heavy (non-hydrogen) atoms. The number of aliphatic hydroxyl groups is 2. The van der Waals surface area contributed by atoms with E-state index in [1.54, 1.807) is 0 Å². The van der Waals surface area contributed by atoms with E-state index in [9.17, 15) is 0 Å². The zero-order chi connectivity index (χ0) is 10.6. The Morgan fingerprint density at radius 2 is 1.93 bits per heavy atom. The molecule has 4 heteroatoms. The largest absolute Gasteiger partial charge is 0.396 e. The molecule has 0 aliphatic rings. The molecule has 2 N–H and O–H groups in total. The van der Waals surface area contributed by atoms with E-state index in [2.05, 4.69) is 6.92 Å². The van der Waals surface area contributed by atoms with Crippen LogP contribution in [0.3, 0.4) is 0 Å². The number of aliphatic hydroxyl groups excluding tert-OH is 2. The van der Waals surface area contributed by atoms with E-state index in [-0.39, 0.29) is 19.3 Å². The van der Waals surface area contributed by atoms with Crippen molar-refractivity contribution in [3.05, 3.63) is 0 Å². The third-order valence-corrected chi connectivity index (χ3v) is 1.84. The highest BCUT2D eigenvalue weighted by Gasteiger charge is 2.07. The molecular formula is C10H22O4. The molecule has 86 valence electrons. The fourth-order valence-electron chi connectivity index (χ4n) is 1.04. The summed E-state index contributed by atoms with van der Waals surface area (Å²) in [5, 5.41) is 17.3. The van der Waals surface area contributed by atoms with Crippen molar-refractivity contribution in [3.63, 3.8) is 0 Å². The van der Waals surface area contributed by atoms with Crippen LogP contribution in [0.1, 0.15) is 26.2 Å². The molecule has 0 radical (unpaired) electrons. The van der Waals surface area contributed by atoms with Crippen LogP contribution in [0.25, 0.3) is 0 Å². The Labute approximate surface area is 85.8 Å². The smallest absolute Gasteiger partial charge is 0.0831 e. The quantitative estimate of drug-likeness (QED) is 0.513. The van der Waals surface area contributed by atoms with E-state index in [4.69, 9.17) is 19.7 Å². The number of hydrogen-bond acceptors (Lipinski definition) is 4. The van der Waals surface area contributed by atoms with Gasteiger partial charge in [0.15, 0.2) is 0 Å². The monoisotopic (exact) mass is 206 g/mol. The van der Waals surface area contributed by atoms with E-state index in [1.807, 2.05) is 0 Å². The average molecular weight is 206 g/mol. The third-order valence-electron chi connectivity index (χ3n) is 1.84. The summed E-state index contributed by atoms with van der Waals surface area (Å²) in [7, 11) is 0. The van der Waals surface area contributed by atoms with E-state index < -0.39 is 0 Å². The van der Waals surface area contributed by atoms with Gasteiger partial charge in [-0.2, -0.15) is 0 Å². The van der Waals surface area contributed by atoms with Crippen LogP contribution in [0, 0.1) is 0 Å². The fraction of sp³-hybridized carbons (Fsp3) is 1.00. The van der Waals surface area contributed by atoms with Gasteiger partial charge in [-0.15, -0.1) is 0 Å². The summed E-state index contributed by atoms with van der Waals surface area (Å²) < 4.78 is 10.6. The van der Waals surface area contributed by atoms with Gasteiger partial charge in [0.25, 0.3) is 0 Å². The second-order valence-corrected chi connectivity index (χ2v) is 3.16. The Hall–Kier alpha value is -0.160. The van der Waals surface area contributed by atoms with Gasteiger partial charge in [0, 0.05) is 13.2 Å². The molecule has 0 spiro atoms. The highest BCUT2D eigenvalue weighted by atomic mass is 16.5. The van der Waals surface area contributed by atoms with Crippen molar-refractivity contribution in [1.82, 2.24) is 0 Å². The molecule has 0 saturated heterocycles. The first kappa shape index (κ1) is 13.8. The van der Waals surface area contributed by atoms with Gasteiger partial charge in [-0.3, -0.25) is 0 Å². The maximum atomic E-state index is 8.74. The first-order valence-electron chi connectivity index (χ1n) is 5.26. The van der Waals surface area contributed by atoms with Crippen LogP contribution in [-0.2, 0) is 9.47 Å². The summed E-state index contributed by atoms with van der Waals surface area (Å²) in [5.41, 5.74) is 0. The van der Waals surface area contributed by atoms with Gasteiger partial charge >= 0.3 is 0 Å². The zero-order valence-electron chi connectivity index (χ0n) is 8.95. The molecular weight excluding hydrogens is 184 g/mol. The van der Waals surface area contributed by atoms with Gasteiger partial charge in [0.1, 0.15) is 0 Å². The van der Waals surface area contributed by atoms with E-state index >= 15 is 0 Å². The van der Waals surface area contributed by atoms with Crippen molar-refractivity contribution in [2.75, 3.05) is 33.0 Å². The van der Waals surface area contributed by atoms with Crippen LogP contribution < -0.4 is 0 Å². The topological polar surface area (TPSA) is 58.9 Å². The lowest BCUT2D eigenvalue weighted by molar-refractivity contribution is -0.0374. The lowest BCUT2D eigenvalue weighted by Crippen LogP contribution is -2.23. The van der Waals surface area contributed by atoms with E-state index in [0.29, 0.717) is 19.6 Å². The SMILES string of the molecule is CCCCOCC(CCO)OCCO. The molecule has 0 saturated carbocycles. The van der Waals surface area contributed by atoms with Crippen molar-refractivity contribution < 1.29 is 19.7 Å². The maximum absolute atomic E-state index is 8.74. The van der Waals surface area contributed by atoms with Crippen LogP contribution >= 0.6 is 0 Å². The molecule has 0 heterocycles. The average Bonchev–Trinajstić information content (AvgIpc) is 2.20.